The minimum Gasteiger partial charge on any atom is -0.503 e. The van der Waals surface area contributed by atoms with Crippen LogP contribution in [0.25, 0.3) is 0 Å². The van der Waals surface area contributed by atoms with Gasteiger partial charge in [-0.3, -0.25) is 9.59 Å². The number of carbonyl (C=O) groups is 2. The van der Waals surface area contributed by atoms with Crippen LogP contribution in [0.4, 0.5) is 0 Å². The van der Waals surface area contributed by atoms with Crippen molar-refractivity contribution >= 4 is 23.0 Å². The average Bonchev–Trinajstić information content (AvgIpc) is 3.51. The van der Waals surface area contributed by atoms with E-state index in [0.717, 1.165) is 12.8 Å². The van der Waals surface area contributed by atoms with Crippen molar-refractivity contribution in [2.75, 3.05) is 19.9 Å². The van der Waals surface area contributed by atoms with E-state index >= 15 is 0 Å². The summed E-state index contributed by atoms with van der Waals surface area (Å²) < 4.78 is 16.6. The number of aliphatic hydroxyl groups is 1. The number of amides is 1. The van der Waals surface area contributed by atoms with Crippen LogP contribution in [0.5, 0.6) is 11.5 Å². The van der Waals surface area contributed by atoms with Gasteiger partial charge in [0.2, 0.25) is 12.6 Å². The number of thiophene rings is 1. The predicted molar refractivity (Wildman–Crippen MR) is 104 cm³/mol. The maximum absolute atomic E-state index is 13.2. The Morgan fingerprint density at radius 2 is 2.10 bits per heavy atom. The van der Waals surface area contributed by atoms with Gasteiger partial charge in [-0.1, -0.05) is 12.1 Å². The highest BCUT2D eigenvalue weighted by atomic mass is 32.1. The van der Waals surface area contributed by atoms with Gasteiger partial charge in [-0.15, -0.1) is 11.3 Å². The number of rotatable bonds is 5. The summed E-state index contributed by atoms with van der Waals surface area (Å²) >= 11 is 1.28. The molecule has 1 saturated heterocycles. The van der Waals surface area contributed by atoms with Gasteiger partial charge in [-0.05, 0) is 42.0 Å². The highest BCUT2D eigenvalue weighted by molar-refractivity contribution is 7.12. The minimum absolute atomic E-state index is 0.0920. The Labute approximate surface area is 171 Å². The third-order valence-electron chi connectivity index (χ3n) is 5.43. The van der Waals surface area contributed by atoms with Crippen molar-refractivity contribution in [3.8, 4) is 11.5 Å². The normalized spacial score (nSPS) is 23.3. The number of ether oxygens (including phenoxy) is 3. The van der Waals surface area contributed by atoms with Gasteiger partial charge < -0.3 is 24.2 Å². The zero-order valence-corrected chi connectivity index (χ0v) is 16.3. The predicted octanol–water partition coefficient (Wildman–Crippen LogP) is 3.23. The maximum Gasteiger partial charge on any atom is 0.290 e. The second-order valence-electron chi connectivity index (χ2n) is 7.18. The molecule has 5 rings (SSSR count). The number of Topliss-reactive ketones (excluding diaryl/α,β-unsaturated/α-hetero) is 1. The Bertz CT molecular complexity index is 993. The van der Waals surface area contributed by atoms with Crippen molar-refractivity contribution in [2.45, 2.75) is 25.0 Å². The van der Waals surface area contributed by atoms with Crippen LogP contribution in [0.3, 0.4) is 0 Å². The first-order chi connectivity index (χ1) is 14.1. The summed E-state index contributed by atoms with van der Waals surface area (Å²) in [5.74, 6) is -0.222. The molecule has 0 bridgehead atoms. The summed E-state index contributed by atoms with van der Waals surface area (Å²) in [5, 5.41) is 12.5. The van der Waals surface area contributed by atoms with Gasteiger partial charge in [0.1, 0.15) is 0 Å². The molecule has 0 aliphatic carbocycles. The van der Waals surface area contributed by atoms with Crippen LogP contribution in [0, 0.1) is 0 Å². The van der Waals surface area contributed by atoms with Crippen molar-refractivity contribution in [1.29, 1.82) is 0 Å². The average molecular weight is 413 g/mol. The third-order valence-corrected chi connectivity index (χ3v) is 6.30. The van der Waals surface area contributed by atoms with Gasteiger partial charge in [0, 0.05) is 13.2 Å². The first kappa shape index (κ1) is 18.2. The fraction of sp³-hybridized carbons (Fsp3) is 0.333. The molecule has 2 aromatic rings. The zero-order valence-electron chi connectivity index (χ0n) is 15.5. The van der Waals surface area contributed by atoms with Crippen LogP contribution in [0.1, 0.15) is 34.1 Å². The Kier molecular flexibility index (Phi) is 4.52. The molecule has 8 heteroatoms. The quantitative estimate of drug-likeness (QED) is 0.758. The number of hydrogen-bond donors (Lipinski definition) is 1. The van der Waals surface area contributed by atoms with Crippen molar-refractivity contribution < 1.29 is 28.9 Å². The molecule has 0 radical (unpaired) electrons. The second-order valence-corrected chi connectivity index (χ2v) is 8.12. The van der Waals surface area contributed by atoms with Gasteiger partial charge in [0.25, 0.3) is 5.91 Å². The molecule has 3 aliphatic rings. The fourth-order valence-electron chi connectivity index (χ4n) is 4.05. The molecule has 1 aromatic carbocycles. The fourth-order valence-corrected chi connectivity index (χ4v) is 4.73. The monoisotopic (exact) mass is 413 g/mol. The number of ketones is 1. The number of benzene rings is 1. The zero-order chi connectivity index (χ0) is 20.0. The van der Waals surface area contributed by atoms with E-state index in [0.29, 0.717) is 35.1 Å². The Hall–Kier alpha value is -2.84. The SMILES string of the molecule is O=C(C1=C(O)C(=O)N(C[C@@H]2CCCO2)[C@H]1c1ccc2c(c1)OCO2)c1cccs1. The maximum atomic E-state index is 13.2. The van der Waals surface area contributed by atoms with Crippen molar-refractivity contribution in [1.82, 2.24) is 4.90 Å². The highest BCUT2D eigenvalue weighted by Crippen LogP contribution is 2.43. The van der Waals surface area contributed by atoms with E-state index in [2.05, 4.69) is 0 Å². The summed E-state index contributed by atoms with van der Waals surface area (Å²) in [6, 6.07) is 8.08. The molecule has 1 amide bonds. The summed E-state index contributed by atoms with van der Waals surface area (Å²) in [5.41, 5.74) is 0.777. The molecular formula is C21H19NO6S. The minimum atomic E-state index is -0.712. The van der Waals surface area contributed by atoms with Crippen LogP contribution in [0.2, 0.25) is 0 Å². The molecule has 0 unspecified atom stereocenters. The summed E-state index contributed by atoms with van der Waals surface area (Å²) in [6.45, 7) is 1.09. The summed E-state index contributed by atoms with van der Waals surface area (Å²) in [6.07, 6.45) is 1.66. The molecule has 7 nitrogen and oxygen atoms in total. The largest absolute Gasteiger partial charge is 0.503 e. The number of aliphatic hydroxyl groups excluding tert-OH is 1. The first-order valence-electron chi connectivity index (χ1n) is 9.47. The molecule has 1 N–H and O–H groups in total. The molecule has 4 heterocycles. The number of hydrogen-bond acceptors (Lipinski definition) is 7. The van der Waals surface area contributed by atoms with Crippen LogP contribution in [0.15, 0.2) is 47.0 Å². The molecule has 29 heavy (non-hydrogen) atoms. The van der Waals surface area contributed by atoms with E-state index in [9.17, 15) is 14.7 Å². The standard InChI is InChI=1S/C21H19NO6S/c23-19(16-4-2-8-29-16)17-18(12-5-6-14-15(9-12)28-11-27-14)22(21(25)20(17)24)10-13-3-1-7-26-13/h2,4-6,8-9,13,18,24H,1,3,7,10-11H2/t13-,18-/m0/s1. The molecular weight excluding hydrogens is 394 g/mol. The second kappa shape index (κ2) is 7.20. The topological polar surface area (TPSA) is 85.3 Å². The van der Waals surface area contributed by atoms with Gasteiger partial charge >= 0.3 is 0 Å². The van der Waals surface area contributed by atoms with Crippen molar-refractivity contribution in [3.05, 3.63) is 57.5 Å². The van der Waals surface area contributed by atoms with E-state index in [-0.39, 0.29) is 24.3 Å². The molecule has 150 valence electrons. The third kappa shape index (κ3) is 3.08. The molecule has 0 saturated carbocycles. The molecule has 3 aliphatic heterocycles. The Morgan fingerprint density at radius 1 is 1.24 bits per heavy atom. The Balaban J connectivity index is 1.57. The molecule has 2 atom stereocenters. The first-order valence-corrected chi connectivity index (χ1v) is 10.3. The van der Waals surface area contributed by atoms with E-state index in [1.807, 2.05) is 0 Å². The van der Waals surface area contributed by atoms with Crippen LogP contribution in [-0.4, -0.2) is 47.7 Å². The number of fused-ring (bicyclic) bond motifs is 1. The summed E-state index contributed by atoms with van der Waals surface area (Å²) in [7, 11) is 0. The van der Waals surface area contributed by atoms with E-state index in [4.69, 9.17) is 14.2 Å². The molecule has 0 spiro atoms. The lowest BCUT2D eigenvalue weighted by Crippen LogP contribution is -2.37. The molecule has 1 aromatic heterocycles. The van der Waals surface area contributed by atoms with E-state index in [1.54, 1.807) is 35.7 Å². The summed E-state index contributed by atoms with van der Waals surface area (Å²) in [4.78, 5) is 28.2. The molecule has 1 fully saturated rings. The van der Waals surface area contributed by atoms with E-state index < -0.39 is 17.7 Å². The number of carbonyl (C=O) groups excluding carboxylic acids is 2. The smallest absolute Gasteiger partial charge is 0.290 e. The van der Waals surface area contributed by atoms with Gasteiger partial charge in [0.05, 0.1) is 22.6 Å². The van der Waals surface area contributed by atoms with E-state index in [1.165, 1.54) is 16.2 Å². The van der Waals surface area contributed by atoms with Gasteiger partial charge in [-0.2, -0.15) is 0 Å². The van der Waals surface area contributed by atoms with Crippen molar-refractivity contribution in [2.24, 2.45) is 0 Å². The van der Waals surface area contributed by atoms with Crippen LogP contribution in [-0.2, 0) is 9.53 Å². The lowest BCUT2D eigenvalue weighted by molar-refractivity contribution is -0.131. The van der Waals surface area contributed by atoms with Gasteiger partial charge in [0.15, 0.2) is 17.3 Å². The van der Waals surface area contributed by atoms with Crippen LogP contribution >= 0.6 is 11.3 Å². The highest BCUT2D eigenvalue weighted by Gasteiger charge is 2.45. The Morgan fingerprint density at radius 3 is 2.86 bits per heavy atom. The lowest BCUT2D eigenvalue weighted by Gasteiger charge is -2.29. The van der Waals surface area contributed by atoms with Crippen LogP contribution < -0.4 is 9.47 Å². The van der Waals surface area contributed by atoms with Crippen molar-refractivity contribution in [3.63, 3.8) is 0 Å². The lowest BCUT2D eigenvalue weighted by atomic mass is 9.95. The van der Waals surface area contributed by atoms with Gasteiger partial charge in [-0.25, -0.2) is 0 Å². The number of nitrogens with zero attached hydrogens (tertiary/aromatic N) is 1.